The first kappa shape index (κ1) is 9.77. The fraction of sp³-hybridized carbons (Fsp3) is 0.250. The molecule has 0 amide bonds. The highest BCUT2D eigenvalue weighted by atomic mass is 16.5. The lowest BCUT2D eigenvalue weighted by Gasteiger charge is -2.10. The first-order valence-electron chi connectivity index (χ1n) is 4.95. The van der Waals surface area contributed by atoms with Crippen molar-refractivity contribution in [3.05, 3.63) is 40.7 Å². The molecule has 2 rings (SSSR count). The van der Waals surface area contributed by atoms with Gasteiger partial charge < -0.3 is 9.30 Å². The Labute approximate surface area is 87.9 Å². The van der Waals surface area contributed by atoms with E-state index in [1.54, 1.807) is 12.3 Å². The number of pyridine rings is 1. The van der Waals surface area contributed by atoms with E-state index in [2.05, 4.69) is 0 Å². The zero-order valence-electron chi connectivity index (χ0n) is 8.86. The topological polar surface area (TPSA) is 31.2 Å². The van der Waals surface area contributed by atoms with E-state index in [0.717, 1.165) is 11.3 Å². The zero-order chi connectivity index (χ0) is 10.8. The van der Waals surface area contributed by atoms with Crippen LogP contribution in [0, 0.1) is 0 Å². The number of aryl methyl sites for hydroxylation is 1. The molecule has 3 nitrogen and oxygen atoms in total. The van der Waals surface area contributed by atoms with Crippen molar-refractivity contribution in [3.63, 3.8) is 0 Å². The van der Waals surface area contributed by atoms with Gasteiger partial charge in [-0.1, -0.05) is 6.07 Å². The van der Waals surface area contributed by atoms with Crippen molar-refractivity contribution in [1.82, 2.24) is 4.57 Å². The van der Waals surface area contributed by atoms with Crippen molar-refractivity contribution in [2.45, 2.75) is 6.92 Å². The molecule has 0 N–H and O–H groups in total. The number of para-hydroxylation sites is 1. The van der Waals surface area contributed by atoms with Crippen molar-refractivity contribution in [2.75, 3.05) is 6.61 Å². The molecule has 0 saturated carbocycles. The van der Waals surface area contributed by atoms with Gasteiger partial charge in [0.2, 0.25) is 0 Å². The molecular weight excluding hydrogens is 190 g/mol. The van der Waals surface area contributed by atoms with Crippen molar-refractivity contribution in [3.8, 4) is 5.75 Å². The SMILES string of the molecule is CCOc1cccc2c(=O)ccn(C)c12. The standard InChI is InChI=1S/C12H13NO2/c1-3-15-11-6-4-5-9-10(14)7-8-13(2)12(9)11/h4-8H,3H2,1-2H3. The molecule has 0 atom stereocenters. The van der Waals surface area contributed by atoms with Crippen LogP contribution in [0.25, 0.3) is 10.9 Å². The van der Waals surface area contributed by atoms with E-state index in [0.29, 0.717) is 12.0 Å². The summed E-state index contributed by atoms with van der Waals surface area (Å²) >= 11 is 0. The zero-order valence-corrected chi connectivity index (χ0v) is 8.86. The van der Waals surface area contributed by atoms with E-state index in [1.807, 2.05) is 36.7 Å². The number of hydrogen-bond donors (Lipinski definition) is 0. The molecule has 0 aliphatic rings. The lowest BCUT2D eigenvalue weighted by atomic mass is 10.2. The summed E-state index contributed by atoms with van der Waals surface area (Å²) in [7, 11) is 1.91. The van der Waals surface area contributed by atoms with Crippen molar-refractivity contribution in [2.24, 2.45) is 7.05 Å². The third-order valence-electron chi connectivity index (χ3n) is 2.37. The van der Waals surface area contributed by atoms with Gasteiger partial charge in [-0.2, -0.15) is 0 Å². The van der Waals surface area contributed by atoms with E-state index in [4.69, 9.17) is 4.74 Å². The summed E-state index contributed by atoms with van der Waals surface area (Å²) in [6.07, 6.45) is 1.76. The van der Waals surface area contributed by atoms with Gasteiger partial charge in [0.05, 0.1) is 12.1 Å². The number of rotatable bonds is 2. The molecule has 15 heavy (non-hydrogen) atoms. The molecule has 0 radical (unpaired) electrons. The van der Waals surface area contributed by atoms with Gasteiger partial charge in [0.25, 0.3) is 0 Å². The van der Waals surface area contributed by atoms with E-state index in [-0.39, 0.29) is 5.43 Å². The molecule has 0 unspecified atom stereocenters. The maximum atomic E-state index is 11.6. The maximum absolute atomic E-state index is 11.6. The predicted molar refractivity (Wildman–Crippen MR) is 60.4 cm³/mol. The van der Waals surface area contributed by atoms with E-state index in [1.165, 1.54) is 0 Å². The molecule has 3 heteroatoms. The highest BCUT2D eigenvalue weighted by molar-refractivity contribution is 5.84. The lowest BCUT2D eigenvalue weighted by molar-refractivity contribution is 0.343. The molecule has 2 aromatic rings. The number of aromatic nitrogens is 1. The molecule has 0 saturated heterocycles. The highest BCUT2D eigenvalue weighted by Crippen LogP contribution is 2.22. The summed E-state index contributed by atoms with van der Waals surface area (Å²) in [5.74, 6) is 0.759. The maximum Gasteiger partial charge on any atom is 0.189 e. The summed E-state index contributed by atoms with van der Waals surface area (Å²) in [5, 5.41) is 0.700. The van der Waals surface area contributed by atoms with Crippen LogP contribution in [0.5, 0.6) is 5.75 Å². The van der Waals surface area contributed by atoms with Gasteiger partial charge in [0.1, 0.15) is 5.75 Å². The summed E-state index contributed by atoms with van der Waals surface area (Å²) < 4.78 is 7.40. The fourth-order valence-corrected chi connectivity index (χ4v) is 1.70. The molecule has 1 aromatic carbocycles. The number of nitrogens with zero attached hydrogens (tertiary/aromatic N) is 1. The van der Waals surface area contributed by atoms with Gasteiger partial charge in [0.15, 0.2) is 5.43 Å². The third-order valence-corrected chi connectivity index (χ3v) is 2.37. The van der Waals surface area contributed by atoms with Crippen LogP contribution in [0.2, 0.25) is 0 Å². The quantitative estimate of drug-likeness (QED) is 0.746. The summed E-state index contributed by atoms with van der Waals surface area (Å²) in [4.78, 5) is 11.6. The Morgan fingerprint density at radius 2 is 2.13 bits per heavy atom. The van der Waals surface area contributed by atoms with Gasteiger partial charge in [-0.15, -0.1) is 0 Å². The first-order chi connectivity index (χ1) is 7.24. The van der Waals surface area contributed by atoms with Crippen LogP contribution in [0.4, 0.5) is 0 Å². The second-order valence-corrected chi connectivity index (χ2v) is 3.38. The second kappa shape index (κ2) is 3.77. The molecule has 0 bridgehead atoms. The number of hydrogen-bond acceptors (Lipinski definition) is 2. The Morgan fingerprint density at radius 1 is 1.33 bits per heavy atom. The van der Waals surface area contributed by atoms with Crippen LogP contribution in [-0.4, -0.2) is 11.2 Å². The fourth-order valence-electron chi connectivity index (χ4n) is 1.70. The van der Waals surface area contributed by atoms with Gasteiger partial charge in [-0.3, -0.25) is 4.79 Å². The Hall–Kier alpha value is -1.77. The van der Waals surface area contributed by atoms with Crippen molar-refractivity contribution in [1.29, 1.82) is 0 Å². The van der Waals surface area contributed by atoms with Crippen molar-refractivity contribution >= 4 is 10.9 Å². The van der Waals surface area contributed by atoms with Crippen LogP contribution in [0.1, 0.15) is 6.92 Å². The van der Waals surface area contributed by atoms with Crippen LogP contribution in [-0.2, 0) is 7.05 Å². The largest absolute Gasteiger partial charge is 0.492 e. The summed E-state index contributed by atoms with van der Waals surface area (Å²) in [6, 6.07) is 7.11. The molecule has 1 aromatic heterocycles. The average Bonchev–Trinajstić information content (AvgIpc) is 2.24. The number of fused-ring (bicyclic) bond motifs is 1. The molecule has 0 aliphatic heterocycles. The molecular formula is C12H13NO2. The Bertz CT molecular complexity index is 543. The van der Waals surface area contributed by atoms with Crippen LogP contribution < -0.4 is 10.2 Å². The van der Waals surface area contributed by atoms with E-state index >= 15 is 0 Å². The van der Waals surface area contributed by atoms with Gasteiger partial charge in [0, 0.05) is 24.7 Å². The molecule has 78 valence electrons. The minimum absolute atomic E-state index is 0.0321. The van der Waals surface area contributed by atoms with Crippen LogP contribution in [0.3, 0.4) is 0 Å². The third kappa shape index (κ3) is 1.61. The van der Waals surface area contributed by atoms with E-state index in [9.17, 15) is 4.79 Å². The molecule has 0 spiro atoms. The first-order valence-corrected chi connectivity index (χ1v) is 4.95. The minimum atomic E-state index is 0.0321. The number of benzene rings is 1. The van der Waals surface area contributed by atoms with Crippen LogP contribution >= 0.6 is 0 Å². The van der Waals surface area contributed by atoms with Gasteiger partial charge in [-0.25, -0.2) is 0 Å². The van der Waals surface area contributed by atoms with Gasteiger partial charge >= 0.3 is 0 Å². The summed E-state index contributed by atoms with van der Waals surface area (Å²) in [5.41, 5.74) is 0.886. The Kier molecular flexibility index (Phi) is 2.46. The molecule has 0 aliphatic carbocycles. The highest BCUT2D eigenvalue weighted by Gasteiger charge is 2.05. The number of ether oxygens (including phenoxy) is 1. The van der Waals surface area contributed by atoms with Crippen molar-refractivity contribution < 1.29 is 4.74 Å². The molecule has 0 fully saturated rings. The molecule has 1 heterocycles. The minimum Gasteiger partial charge on any atom is -0.492 e. The Balaban J connectivity index is 2.84. The van der Waals surface area contributed by atoms with E-state index < -0.39 is 0 Å². The van der Waals surface area contributed by atoms with Gasteiger partial charge in [-0.05, 0) is 19.1 Å². The monoisotopic (exact) mass is 203 g/mol. The Morgan fingerprint density at radius 3 is 2.87 bits per heavy atom. The normalized spacial score (nSPS) is 10.5. The predicted octanol–water partition coefficient (Wildman–Crippen LogP) is 1.94. The second-order valence-electron chi connectivity index (χ2n) is 3.38. The van der Waals surface area contributed by atoms with Crippen LogP contribution in [0.15, 0.2) is 35.3 Å². The summed E-state index contributed by atoms with van der Waals surface area (Å²) in [6.45, 7) is 2.53. The lowest BCUT2D eigenvalue weighted by Crippen LogP contribution is -2.06. The average molecular weight is 203 g/mol. The smallest absolute Gasteiger partial charge is 0.189 e.